The first kappa shape index (κ1) is 20.8. The fraction of sp³-hybridized carbons (Fsp3) is 0.333. The maximum Gasteiger partial charge on any atom is 0.336 e. The Kier molecular flexibility index (Phi) is 5.59. The second kappa shape index (κ2) is 8.34. The Hall–Kier alpha value is -3.48. The minimum Gasteiger partial charge on any atom is -0.423 e. The van der Waals surface area contributed by atoms with E-state index in [1.807, 2.05) is 38.2 Å². The van der Waals surface area contributed by atoms with Gasteiger partial charge in [0.05, 0.1) is 6.42 Å². The van der Waals surface area contributed by atoms with Gasteiger partial charge in [-0.15, -0.1) is 0 Å². The van der Waals surface area contributed by atoms with Gasteiger partial charge >= 0.3 is 5.63 Å². The average Bonchev–Trinajstić information content (AvgIpc) is 2.72. The Bertz CT molecular complexity index is 1250. The number of hydrogen-bond donors (Lipinski definition) is 1. The first-order valence-electron chi connectivity index (χ1n) is 10.3. The molecule has 0 saturated heterocycles. The van der Waals surface area contributed by atoms with Crippen molar-refractivity contribution in [2.75, 3.05) is 6.54 Å². The van der Waals surface area contributed by atoms with Crippen LogP contribution in [0.2, 0.25) is 0 Å². The molecule has 3 aromatic rings. The molecule has 2 amide bonds. The van der Waals surface area contributed by atoms with Crippen LogP contribution in [0.25, 0.3) is 11.0 Å². The third-order valence-electron chi connectivity index (χ3n) is 5.79. The van der Waals surface area contributed by atoms with Gasteiger partial charge in [-0.05, 0) is 54.2 Å². The summed E-state index contributed by atoms with van der Waals surface area (Å²) >= 11 is 0. The smallest absolute Gasteiger partial charge is 0.336 e. The van der Waals surface area contributed by atoms with E-state index >= 15 is 0 Å². The first-order valence-corrected chi connectivity index (χ1v) is 10.3. The highest BCUT2D eigenvalue weighted by Crippen LogP contribution is 2.25. The topological polar surface area (TPSA) is 92.5 Å². The molecule has 0 spiro atoms. The SMILES string of the molecule is CC(=O)NCc1c(C)ncc2c1CCN(C(=O)Cc1cc(=O)oc3cc(C)ccc13)C2. The lowest BCUT2D eigenvalue weighted by Gasteiger charge is -2.30. The van der Waals surface area contributed by atoms with Gasteiger partial charge in [-0.1, -0.05) is 12.1 Å². The number of hydrogen-bond acceptors (Lipinski definition) is 5. The van der Waals surface area contributed by atoms with Crippen LogP contribution in [-0.2, 0) is 35.5 Å². The summed E-state index contributed by atoms with van der Waals surface area (Å²) in [6, 6.07) is 7.05. The van der Waals surface area contributed by atoms with Gasteiger partial charge in [0, 0.05) is 49.9 Å². The zero-order valence-electron chi connectivity index (χ0n) is 17.9. The summed E-state index contributed by atoms with van der Waals surface area (Å²) in [6.07, 6.45) is 2.66. The molecule has 1 N–H and O–H groups in total. The average molecular weight is 419 g/mol. The monoisotopic (exact) mass is 419 g/mol. The van der Waals surface area contributed by atoms with Gasteiger partial charge in [-0.25, -0.2) is 4.79 Å². The van der Waals surface area contributed by atoms with Gasteiger partial charge in [0.25, 0.3) is 0 Å². The maximum absolute atomic E-state index is 13.1. The second-order valence-corrected chi connectivity index (χ2v) is 8.07. The maximum atomic E-state index is 13.1. The first-order chi connectivity index (χ1) is 14.8. The Morgan fingerprint density at radius 1 is 1.23 bits per heavy atom. The molecule has 1 aliphatic rings. The summed E-state index contributed by atoms with van der Waals surface area (Å²) in [5.74, 6) is -0.124. The molecular weight excluding hydrogens is 394 g/mol. The molecule has 7 heteroatoms. The summed E-state index contributed by atoms with van der Waals surface area (Å²) in [7, 11) is 0. The molecule has 31 heavy (non-hydrogen) atoms. The quantitative estimate of drug-likeness (QED) is 0.656. The van der Waals surface area contributed by atoms with E-state index in [1.165, 1.54) is 13.0 Å². The molecule has 1 aromatic carbocycles. The molecule has 0 atom stereocenters. The van der Waals surface area contributed by atoms with E-state index < -0.39 is 5.63 Å². The van der Waals surface area contributed by atoms with Crippen molar-refractivity contribution in [2.45, 2.75) is 46.7 Å². The van der Waals surface area contributed by atoms with Crippen LogP contribution in [0.1, 0.15) is 40.4 Å². The van der Waals surface area contributed by atoms with Crippen LogP contribution in [0.3, 0.4) is 0 Å². The fourth-order valence-corrected chi connectivity index (χ4v) is 4.14. The molecule has 160 valence electrons. The number of carbonyl (C=O) groups excluding carboxylic acids is 2. The van der Waals surface area contributed by atoms with Crippen molar-refractivity contribution < 1.29 is 14.0 Å². The van der Waals surface area contributed by atoms with E-state index in [0.29, 0.717) is 37.2 Å². The van der Waals surface area contributed by atoms with Gasteiger partial charge in [-0.2, -0.15) is 0 Å². The predicted molar refractivity (Wildman–Crippen MR) is 117 cm³/mol. The van der Waals surface area contributed by atoms with Crippen molar-refractivity contribution >= 4 is 22.8 Å². The lowest BCUT2D eigenvalue weighted by molar-refractivity contribution is -0.131. The zero-order valence-corrected chi connectivity index (χ0v) is 17.9. The number of benzene rings is 1. The molecule has 2 aromatic heterocycles. The van der Waals surface area contributed by atoms with E-state index in [2.05, 4.69) is 10.3 Å². The molecule has 0 radical (unpaired) electrons. The van der Waals surface area contributed by atoms with Crippen LogP contribution >= 0.6 is 0 Å². The Labute approximate surface area is 180 Å². The second-order valence-electron chi connectivity index (χ2n) is 8.07. The zero-order chi connectivity index (χ0) is 22.1. The van der Waals surface area contributed by atoms with Gasteiger partial charge in [0.1, 0.15) is 5.58 Å². The number of nitrogens with zero attached hydrogens (tertiary/aromatic N) is 2. The van der Waals surface area contributed by atoms with Crippen molar-refractivity contribution in [1.29, 1.82) is 0 Å². The molecule has 0 unspecified atom stereocenters. The van der Waals surface area contributed by atoms with Gasteiger partial charge in [0.15, 0.2) is 0 Å². The molecule has 0 fully saturated rings. The van der Waals surface area contributed by atoms with Gasteiger partial charge in [-0.3, -0.25) is 14.6 Å². The van der Waals surface area contributed by atoms with Crippen LogP contribution < -0.4 is 10.9 Å². The van der Waals surface area contributed by atoms with Crippen molar-refractivity contribution in [1.82, 2.24) is 15.2 Å². The van der Waals surface area contributed by atoms with E-state index in [0.717, 1.165) is 33.3 Å². The molecule has 1 aliphatic heterocycles. The van der Waals surface area contributed by atoms with E-state index in [9.17, 15) is 14.4 Å². The fourth-order valence-electron chi connectivity index (χ4n) is 4.14. The van der Waals surface area contributed by atoms with E-state index in [4.69, 9.17) is 4.42 Å². The lowest BCUT2D eigenvalue weighted by Crippen LogP contribution is -2.38. The van der Waals surface area contributed by atoms with Crippen molar-refractivity contribution in [2.24, 2.45) is 0 Å². The van der Waals surface area contributed by atoms with Crippen LogP contribution in [-0.4, -0.2) is 28.2 Å². The summed E-state index contributed by atoms with van der Waals surface area (Å²) < 4.78 is 5.30. The van der Waals surface area contributed by atoms with Crippen LogP contribution in [0, 0.1) is 13.8 Å². The van der Waals surface area contributed by atoms with Gasteiger partial charge in [0.2, 0.25) is 11.8 Å². The molecule has 4 rings (SSSR count). The number of nitrogens with one attached hydrogen (secondary N) is 1. The number of aromatic nitrogens is 1. The molecule has 0 saturated carbocycles. The number of amides is 2. The summed E-state index contributed by atoms with van der Waals surface area (Å²) in [4.78, 5) is 42.7. The standard InChI is InChI=1S/C24H25N3O4/c1-14-4-5-20-17(10-24(30)31-22(20)8-14)9-23(29)27-7-6-19-18(13-27)11-25-15(2)21(19)12-26-16(3)28/h4-5,8,10-11H,6-7,9,12-13H2,1-3H3,(H,26,28). The normalized spacial score (nSPS) is 13.2. The summed E-state index contributed by atoms with van der Waals surface area (Å²) in [5.41, 5.74) is 5.80. The molecule has 7 nitrogen and oxygen atoms in total. The highest BCUT2D eigenvalue weighted by molar-refractivity contribution is 5.87. The highest BCUT2D eigenvalue weighted by Gasteiger charge is 2.24. The number of pyridine rings is 1. The Balaban J connectivity index is 1.56. The number of fused-ring (bicyclic) bond motifs is 2. The van der Waals surface area contributed by atoms with Crippen molar-refractivity contribution in [3.8, 4) is 0 Å². The van der Waals surface area contributed by atoms with Crippen molar-refractivity contribution in [3.05, 3.63) is 74.4 Å². The van der Waals surface area contributed by atoms with Crippen LogP contribution in [0.4, 0.5) is 0 Å². The van der Waals surface area contributed by atoms with Crippen molar-refractivity contribution in [3.63, 3.8) is 0 Å². The predicted octanol–water partition coefficient (Wildman–Crippen LogP) is 2.57. The number of rotatable bonds is 4. The minimum atomic E-state index is -0.452. The lowest BCUT2D eigenvalue weighted by atomic mass is 9.94. The molecular formula is C24H25N3O4. The highest BCUT2D eigenvalue weighted by atomic mass is 16.4. The molecule has 0 aliphatic carbocycles. The largest absolute Gasteiger partial charge is 0.423 e. The van der Waals surface area contributed by atoms with E-state index in [1.54, 1.807) is 4.90 Å². The van der Waals surface area contributed by atoms with Gasteiger partial charge < -0.3 is 14.6 Å². The third kappa shape index (κ3) is 4.35. The summed E-state index contributed by atoms with van der Waals surface area (Å²) in [6.45, 7) is 6.85. The van der Waals surface area contributed by atoms with Crippen LogP contribution in [0.15, 0.2) is 39.7 Å². The molecule has 0 bridgehead atoms. The summed E-state index contributed by atoms with van der Waals surface area (Å²) in [5, 5.41) is 3.63. The minimum absolute atomic E-state index is 0.0397. The molecule has 3 heterocycles. The van der Waals surface area contributed by atoms with E-state index in [-0.39, 0.29) is 18.2 Å². The van der Waals surface area contributed by atoms with Crippen LogP contribution in [0.5, 0.6) is 0 Å². The number of aryl methyl sites for hydroxylation is 2. The Morgan fingerprint density at radius 3 is 2.81 bits per heavy atom. The number of carbonyl (C=O) groups is 2. The Morgan fingerprint density at radius 2 is 2.03 bits per heavy atom. The third-order valence-corrected chi connectivity index (χ3v) is 5.79.